The standard InChI is InChI=1S/C16H14O2/c1-18-15-8-4-7-14-13(15)10-9-11-5-2-3-6-12(11)16(14)17/h2-8H,9-10H2,1H3. The molecule has 0 bridgehead atoms. The summed E-state index contributed by atoms with van der Waals surface area (Å²) in [5, 5.41) is 0. The number of ketones is 1. The van der Waals surface area contributed by atoms with Gasteiger partial charge in [-0.2, -0.15) is 0 Å². The Hall–Kier alpha value is -2.09. The Morgan fingerprint density at radius 3 is 2.56 bits per heavy atom. The van der Waals surface area contributed by atoms with Crippen molar-refractivity contribution in [3.05, 3.63) is 64.7 Å². The average molecular weight is 238 g/mol. The Labute approximate surface area is 106 Å². The number of fused-ring (bicyclic) bond motifs is 2. The summed E-state index contributed by atoms with van der Waals surface area (Å²) in [6, 6.07) is 13.5. The van der Waals surface area contributed by atoms with Crippen LogP contribution in [0.25, 0.3) is 0 Å². The smallest absolute Gasteiger partial charge is 0.193 e. The van der Waals surface area contributed by atoms with Crippen LogP contribution in [0.2, 0.25) is 0 Å². The van der Waals surface area contributed by atoms with Crippen LogP contribution >= 0.6 is 0 Å². The minimum atomic E-state index is 0.108. The van der Waals surface area contributed by atoms with Gasteiger partial charge in [-0.05, 0) is 24.5 Å². The lowest BCUT2D eigenvalue weighted by Crippen LogP contribution is -2.04. The van der Waals surface area contributed by atoms with Crippen molar-refractivity contribution >= 4 is 5.78 Å². The van der Waals surface area contributed by atoms with Gasteiger partial charge in [-0.3, -0.25) is 4.79 Å². The van der Waals surface area contributed by atoms with Crippen LogP contribution in [0.4, 0.5) is 0 Å². The van der Waals surface area contributed by atoms with Crippen molar-refractivity contribution < 1.29 is 9.53 Å². The van der Waals surface area contributed by atoms with Crippen LogP contribution in [0.1, 0.15) is 27.0 Å². The van der Waals surface area contributed by atoms with Crippen LogP contribution in [0, 0.1) is 0 Å². The van der Waals surface area contributed by atoms with E-state index in [4.69, 9.17) is 4.74 Å². The lowest BCUT2D eigenvalue weighted by Gasteiger charge is -2.09. The van der Waals surface area contributed by atoms with Gasteiger partial charge in [0.25, 0.3) is 0 Å². The largest absolute Gasteiger partial charge is 0.496 e. The SMILES string of the molecule is COc1cccc2c1CCc1ccccc1C2=O. The molecule has 2 heteroatoms. The van der Waals surface area contributed by atoms with E-state index in [-0.39, 0.29) is 5.78 Å². The average Bonchev–Trinajstić information content (AvgIpc) is 2.57. The number of hydrogen-bond acceptors (Lipinski definition) is 2. The highest BCUT2D eigenvalue weighted by Crippen LogP contribution is 2.30. The second-order valence-electron chi connectivity index (χ2n) is 4.47. The van der Waals surface area contributed by atoms with Crippen LogP contribution in [0.15, 0.2) is 42.5 Å². The monoisotopic (exact) mass is 238 g/mol. The summed E-state index contributed by atoms with van der Waals surface area (Å²) in [6.45, 7) is 0. The fraction of sp³-hybridized carbons (Fsp3) is 0.188. The molecule has 0 spiro atoms. The molecule has 0 heterocycles. The maximum Gasteiger partial charge on any atom is 0.193 e. The van der Waals surface area contributed by atoms with E-state index in [2.05, 4.69) is 0 Å². The molecule has 0 fully saturated rings. The molecule has 1 aliphatic carbocycles. The van der Waals surface area contributed by atoms with Gasteiger partial charge in [-0.15, -0.1) is 0 Å². The Bertz CT molecular complexity index is 614. The quantitative estimate of drug-likeness (QED) is 0.763. The molecule has 0 aliphatic heterocycles. The van der Waals surface area contributed by atoms with Crippen molar-refractivity contribution in [1.29, 1.82) is 0 Å². The molecule has 2 aromatic rings. The molecule has 2 aromatic carbocycles. The van der Waals surface area contributed by atoms with Crippen LogP contribution in [-0.4, -0.2) is 12.9 Å². The number of aryl methyl sites for hydroxylation is 1. The molecule has 0 atom stereocenters. The van der Waals surface area contributed by atoms with Crippen molar-refractivity contribution in [2.45, 2.75) is 12.8 Å². The van der Waals surface area contributed by atoms with E-state index in [1.165, 1.54) is 0 Å². The van der Waals surface area contributed by atoms with Gasteiger partial charge in [0.05, 0.1) is 7.11 Å². The number of methoxy groups -OCH3 is 1. The van der Waals surface area contributed by atoms with Gasteiger partial charge in [-0.1, -0.05) is 36.4 Å². The first-order valence-electron chi connectivity index (χ1n) is 6.09. The third-order valence-corrected chi connectivity index (χ3v) is 3.50. The molecule has 1 aliphatic rings. The molecular formula is C16H14O2. The van der Waals surface area contributed by atoms with E-state index in [9.17, 15) is 4.79 Å². The van der Waals surface area contributed by atoms with Gasteiger partial charge in [0.2, 0.25) is 0 Å². The van der Waals surface area contributed by atoms with Crippen molar-refractivity contribution in [1.82, 2.24) is 0 Å². The number of carbonyl (C=O) groups is 1. The predicted molar refractivity (Wildman–Crippen MR) is 70.3 cm³/mol. The lowest BCUT2D eigenvalue weighted by atomic mass is 9.98. The molecule has 90 valence electrons. The molecule has 0 N–H and O–H groups in total. The second-order valence-corrected chi connectivity index (χ2v) is 4.47. The van der Waals surface area contributed by atoms with Gasteiger partial charge < -0.3 is 4.74 Å². The molecule has 0 unspecified atom stereocenters. The Morgan fingerprint density at radius 1 is 0.944 bits per heavy atom. The lowest BCUT2D eigenvalue weighted by molar-refractivity contribution is 0.103. The second kappa shape index (κ2) is 4.30. The zero-order valence-corrected chi connectivity index (χ0v) is 10.3. The first-order valence-corrected chi connectivity index (χ1v) is 6.09. The highest BCUT2D eigenvalue weighted by atomic mass is 16.5. The minimum Gasteiger partial charge on any atom is -0.496 e. The van der Waals surface area contributed by atoms with Crippen molar-refractivity contribution in [2.24, 2.45) is 0 Å². The third kappa shape index (κ3) is 1.61. The summed E-state index contributed by atoms with van der Waals surface area (Å²) in [4.78, 5) is 12.5. The van der Waals surface area contributed by atoms with Gasteiger partial charge in [-0.25, -0.2) is 0 Å². The van der Waals surface area contributed by atoms with Gasteiger partial charge in [0.15, 0.2) is 5.78 Å². The fourth-order valence-electron chi connectivity index (χ4n) is 2.59. The van der Waals surface area contributed by atoms with Gasteiger partial charge in [0.1, 0.15) is 5.75 Å². The summed E-state index contributed by atoms with van der Waals surface area (Å²) in [6.07, 6.45) is 1.73. The molecule has 0 amide bonds. The van der Waals surface area contributed by atoms with Crippen molar-refractivity contribution in [3.8, 4) is 5.75 Å². The van der Waals surface area contributed by atoms with Crippen LogP contribution < -0.4 is 4.74 Å². The molecule has 18 heavy (non-hydrogen) atoms. The summed E-state index contributed by atoms with van der Waals surface area (Å²) in [5.74, 6) is 0.922. The van der Waals surface area contributed by atoms with E-state index in [1.54, 1.807) is 7.11 Å². The van der Waals surface area contributed by atoms with Crippen LogP contribution in [0.3, 0.4) is 0 Å². The van der Waals surface area contributed by atoms with Gasteiger partial charge in [0, 0.05) is 16.7 Å². The zero-order chi connectivity index (χ0) is 12.5. The van der Waals surface area contributed by atoms with E-state index in [1.807, 2.05) is 42.5 Å². The molecule has 0 saturated carbocycles. The minimum absolute atomic E-state index is 0.108. The highest BCUT2D eigenvalue weighted by Gasteiger charge is 2.22. The topological polar surface area (TPSA) is 26.3 Å². The summed E-state index contributed by atoms with van der Waals surface area (Å²) in [5.41, 5.74) is 3.76. The van der Waals surface area contributed by atoms with E-state index >= 15 is 0 Å². The molecule has 3 rings (SSSR count). The van der Waals surface area contributed by atoms with E-state index in [0.29, 0.717) is 0 Å². The number of rotatable bonds is 1. The van der Waals surface area contributed by atoms with Crippen molar-refractivity contribution in [2.75, 3.05) is 7.11 Å². The Morgan fingerprint density at radius 2 is 1.72 bits per heavy atom. The highest BCUT2D eigenvalue weighted by molar-refractivity contribution is 6.11. The predicted octanol–water partition coefficient (Wildman–Crippen LogP) is 3.02. The van der Waals surface area contributed by atoms with E-state index < -0.39 is 0 Å². The fourth-order valence-corrected chi connectivity index (χ4v) is 2.59. The number of carbonyl (C=O) groups excluding carboxylic acids is 1. The van der Waals surface area contributed by atoms with Crippen molar-refractivity contribution in [3.63, 3.8) is 0 Å². The van der Waals surface area contributed by atoms with Gasteiger partial charge >= 0.3 is 0 Å². The first-order chi connectivity index (χ1) is 8.81. The zero-order valence-electron chi connectivity index (χ0n) is 10.3. The first kappa shape index (κ1) is 11.0. The molecule has 0 aromatic heterocycles. The Balaban J connectivity index is 2.21. The maximum atomic E-state index is 12.5. The summed E-state index contributed by atoms with van der Waals surface area (Å²) in [7, 11) is 1.65. The van der Waals surface area contributed by atoms with Crippen LogP contribution in [-0.2, 0) is 12.8 Å². The van der Waals surface area contributed by atoms with E-state index in [0.717, 1.165) is 40.8 Å². The number of benzene rings is 2. The summed E-state index contributed by atoms with van der Waals surface area (Å²) >= 11 is 0. The van der Waals surface area contributed by atoms with Crippen LogP contribution in [0.5, 0.6) is 5.75 Å². The molecule has 0 radical (unpaired) electrons. The number of ether oxygens (including phenoxy) is 1. The normalized spacial score (nSPS) is 13.5. The maximum absolute atomic E-state index is 12.5. The summed E-state index contributed by atoms with van der Waals surface area (Å²) < 4.78 is 5.36. The molecule has 0 saturated heterocycles. The third-order valence-electron chi connectivity index (χ3n) is 3.50. The Kier molecular flexibility index (Phi) is 2.63. The number of hydrogen-bond donors (Lipinski definition) is 0. The molecule has 2 nitrogen and oxygen atoms in total. The molecular weight excluding hydrogens is 224 g/mol.